The van der Waals surface area contributed by atoms with Gasteiger partial charge in [0.2, 0.25) is 0 Å². The molecule has 0 spiro atoms. The third-order valence-corrected chi connectivity index (χ3v) is 4.02. The summed E-state index contributed by atoms with van der Waals surface area (Å²) >= 11 is 0. The van der Waals surface area contributed by atoms with Crippen LogP contribution in [0.2, 0.25) is 0 Å². The van der Waals surface area contributed by atoms with Crippen LogP contribution >= 0.6 is 0 Å². The molecule has 3 aromatic rings. The molecule has 3 rings (SSSR count). The van der Waals surface area contributed by atoms with Gasteiger partial charge in [-0.05, 0) is 42.8 Å². The van der Waals surface area contributed by atoms with Gasteiger partial charge in [-0.3, -0.25) is 14.9 Å². The Hall–Kier alpha value is -4.32. The number of nitrogens with one attached hydrogen (secondary N) is 1. The summed E-state index contributed by atoms with van der Waals surface area (Å²) in [4.78, 5) is 22.4. The SMILES string of the molecule is Cc1ccc([N+](=O)[O-])cc1-c1ccc(/C=N\NC(=O)c2ccc(C#N)cc2F)o1. The number of hydrogen-bond donors (Lipinski definition) is 1. The van der Waals surface area contributed by atoms with Crippen molar-refractivity contribution in [1.82, 2.24) is 5.43 Å². The van der Waals surface area contributed by atoms with Gasteiger partial charge in [-0.25, -0.2) is 9.82 Å². The molecule has 2 aromatic carbocycles. The molecule has 1 heterocycles. The standard InChI is InChI=1S/C20H13FN4O4/c1-12-2-4-14(25(27)28)9-17(12)19-7-5-15(29-19)11-23-24-20(26)16-6-3-13(10-22)8-18(16)21/h2-9,11H,1H3,(H,24,26)/b23-11-. The number of carbonyl (C=O) groups is 1. The van der Waals surface area contributed by atoms with E-state index >= 15 is 0 Å². The molecule has 1 amide bonds. The summed E-state index contributed by atoms with van der Waals surface area (Å²) in [7, 11) is 0. The number of nitro benzene ring substituents is 1. The number of halogens is 1. The minimum atomic E-state index is -0.835. The summed E-state index contributed by atoms with van der Waals surface area (Å²) < 4.78 is 19.4. The quantitative estimate of drug-likeness (QED) is 0.400. The second-order valence-corrected chi connectivity index (χ2v) is 5.96. The van der Waals surface area contributed by atoms with Crippen molar-refractivity contribution in [3.8, 4) is 17.4 Å². The van der Waals surface area contributed by atoms with E-state index in [9.17, 15) is 19.3 Å². The summed E-state index contributed by atoms with van der Waals surface area (Å²) in [6.07, 6.45) is 1.22. The van der Waals surface area contributed by atoms with Crippen molar-refractivity contribution < 1.29 is 18.5 Å². The van der Waals surface area contributed by atoms with Gasteiger partial charge in [-0.1, -0.05) is 6.07 Å². The number of aryl methyl sites for hydroxylation is 1. The van der Waals surface area contributed by atoms with Crippen LogP contribution in [0.4, 0.5) is 10.1 Å². The van der Waals surface area contributed by atoms with Crippen LogP contribution in [-0.4, -0.2) is 17.0 Å². The van der Waals surface area contributed by atoms with Gasteiger partial charge in [0, 0.05) is 17.7 Å². The molecule has 0 fully saturated rings. The molecule has 0 saturated heterocycles. The number of rotatable bonds is 5. The first kappa shape index (κ1) is 19.4. The summed E-state index contributed by atoms with van der Waals surface area (Å²) in [5.74, 6) is -0.939. The van der Waals surface area contributed by atoms with Crippen LogP contribution in [0.25, 0.3) is 11.3 Å². The highest BCUT2D eigenvalue weighted by Gasteiger charge is 2.14. The van der Waals surface area contributed by atoms with E-state index < -0.39 is 16.6 Å². The highest BCUT2D eigenvalue weighted by atomic mass is 19.1. The van der Waals surface area contributed by atoms with Gasteiger partial charge >= 0.3 is 0 Å². The molecular weight excluding hydrogens is 379 g/mol. The molecule has 1 N–H and O–H groups in total. The molecule has 0 unspecified atom stereocenters. The van der Waals surface area contributed by atoms with Gasteiger partial charge in [0.05, 0.1) is 28.3 Å². The van der Waals surface area contributed by atoms with E-state index in [1.54, 1.807) is 31.2 Å². The predicted molar refractivity (Wildman–Crippen MR) is 102 cm³/mol. The maximum atomic E-state index is 13.8. The molecule has 0 radical (unpaired) electrons. The van der Waals surface area contributed by atoms with E-state index in [1.165, 1.54) is 30.5 Å². The van der Waals surface area contributed by atoms with E-state index in [0.717, 1.165) is 11.6 Å². The number of benzene rings is 2. The van der Waals surface area contributed by atoms with Crippen LogP contribution in [-0.2, 0) is 0 Å². The minimum absolute atomic E-state index is 0.0612. The van der Waals surface area contributed by atoms with Crippen LogP contribution in [0.3, 0.4) is 0 Å². The topological polar surface area (TPSA) is 122 Å². The molecule has 0 saturated carbocycles. The van der Waals surface area contributed by atoms with E-state index in [0.29, 0.717) is 11.3 Å². The van der Waals surface area contributed by atoms with Gasteiger partial charge < -0.3 is 4.42 Å². The maximum absolute atomic E-state index is 13.8. The smallest absolute Gasteiger partial charge is 0.274 e. The fraction of sp³-hybridized carbons (Fsp3) is 0.0500. The Morgan fingerprint density at radius 3 is 2.76 bits per heavy atom. The largest absolute Gasteiger partial charge is 0.455 e. The number of carbonyl (C=O) groups excluding carboxylic acids is 1. The van der Waals surface area contributed by atoms with Gasteiger partial charge in [-0.2, -0.15) is 10.4 Å². The van der Waals surface area contributed by atoms with Gasteiger partial charge in [0.1, 0.15) is 17.3 Å². The molecule has 0 bridgehead atoms. The summed E-state index contributed by atoms with van der Waals surface area (Å²) in [6, 6.07) is 12.9. The molecule has 0 aliphatic rings. The fourth-order valence-corrected chi connectivity index (χ4v) is 2.54. The van der Waals surface area contributed by atoms with Gasteiger partial charge in [0.15, 0.2) is 0 Å². The number of hydrogen-bond acceptors (Lipinski definition) is 6. The monoisotopic (exact) mass is 392 g/mol. The molecule has 9 heteroatoms. The number of non-ortho nitro benzene ring substituents is 1. The van der Waals surface area contributed by atoms with Crippen molar-refractivity contribution in [2.75, 3.05) is 0 Å². The van der Waals surface area contributed by atoms with E-state index in [-0.39, 0.29) is 22.6 Å². The fourth-order valence-electron chi connectivity index (χ4n) is 2.54. The van der Waals surface area contributed by atoms with Crippen LogP contribution in [0, 0.1) is 34.2 Å². The Balaban J connectivity index is 1.73. The summed E-state index contributed by atoms with van der Waals surface area (Å²) in [6.45, 7) is 1.79. The molecule has 8 nitrogen and oxygen atoms in total. The maximum Gasteiger partial charge on any atom is 0.274 e. The van der Waals surface area contributed by atoms with Crippen LogP contribution in [0.15, 0.2) is 58.0 Å². The Kier molecular flexibility index (Phi) is 5.46. The van der Waals surface area contributed by atoms with Crippen LogP contribution < -0.4 is 5.43 Å². The number of hydrazone groups is 1. The van der Waals surface area contributed by atoms with E-state index in [4.69, 9.17) is 9.68 Å². The van der Waals surface area contributed by atoms with Crippen molar-refractivity contribution in [2.45, 2.75) is 6.92 Å². The molecule has 29 heavy (non-hydrogen) atoms. The Bertz CT molecular complexity index is 1180. The third-order valence-electron chi connectivity index (χ3n) is 4.02. The molecule has 0 aliphatic heterocycles. The lowest BCUT2D eigenvalue weighted by Gasteiger charge is -2.02. The molecular formula is C20H13FN4O4. The zero-order valence-corrected chi connectivity index (χ0v) is 15.0. The lowest BCUT2D eigenvalue weighted by Crippen LogP contribution is -2.19. The number of nitriles is 1. The lowest BCUT2D eigenvalue weighted by atomic mass is 10.1. The highest BCUT2D eigenvalue weighted by Crippen LogP contribution is 2.28. The predicted octanol–water partition coefficient (Wildman–Crippen LogP) is 3.94. The highest BCUT2D eigenvalue weighted by molar-refractivity contribution is 5.95. The summed E-state index contributed by atoms with van der Waals surface area (Å²) in [5, 5.41) is 23.4. The second-order valence-electron chi connectivity index (χ2n) is 5.96. The first-order valence-electron chi connectivity index (χ1n) is 8.27. The van der Waals surface area contributed by atoms with Crippen LogP contribution in [0.5, 0.6) is 0 Å². The number of nitro groups is 1. The third kappa shape index (κ3) is 4.33. The molecule has 144 valence electrons. The number of amides is 1. The van der Waals surface area contributed by atoms with Crippen LogP contribution in [0.1, 0.15) is 27.2 Å². The molecule has 0 aliphatic carbocycles. The Labute approximate surface area is 164 Å². The normalized spacial score (nSPS) is 10.7. The van der Waals surface area contributed by atoms with E-state index in [2.05, 4.69) is 10.5 Å². The first-order valence-corrected chi connectivity index (χ1v) is 8.27. The average molecular weight is 392 g/mol. The first-order chi connectivity index (χ1) is 13.9. The van der Waals surface area contributed by atoms with Crippen molar-refractivity contribution in [3.63, 3.8) is 0 Å². The number of nitrogens with zero attached hydrogens (tertiary/aromatic N) is 3. The van der Waals surface area contributed by atoms with Crippen molar-refractivity contribution in [2.24, 2.45) is 5.10 Å². The number of furan rings is 1. The van der Waals surface area contributed by atoms with Gasteiger partial charge in [-0.15, -0.1) is 0 Å². The average Bonchev–Trinajstić information content (AvgIpc) is 3.16. The Morgan fingerprint density at radius 2 is 2.07 bits per heavy atom. The summed E-state index contributed by atoms with van der Waals surface area (Å²) in [5.41, 5.74) is 3.30. The van der Waals surface area contributed by atoms with Gasteiger partial charge in [0.25, 0.3) is 11.6 Å². The molecule has 1 aromatic heterocycles. The van der Waals surface area contributed by atoms with Crippen molar-refractivity contribution in [3.05, 3.63) is 86.9 Å². The zero-order chi connectivity index (χ0) is 21.0. The lowest BCUT2D eigenvalue weighted by molar-refractivity contribution is -0.384. The second kappa shape index (κ2) is 8.14. The van der Waals surface area contributed by atoms with Crippen molar-refractivity contribution >= 4 is 17.8 Å². The van der Waals surface area contributed by atoms with Crippen molar-refractivity contribution in [1.29, 1.82) is 5.26 Å². The molecule has 0 atom stereocenters. The van der Waals surface area contributed by atoms with E-state index in [1.807, 2.05) is 0 Å². The Morgan fingerprint density at radius 1 is 1.28 bits per heavy atom. The zero-order valence-electron chi connectivity index (χ0n) is 15.0. The minimum Gasteiger partial charge on any atom is -0.455 e.